The Morgan fingerprint density at radius 3 is 2.64 bits per heavy atom. The van der Waals surface area contributed by atoms with E-state index in [-0.39, 0.29) is 5.82 Å². The van der Waals surface area contributed by atoms with Gasteiger partial charge in [-0.15, -0.1) is 0 Å². The van der Waals surface area contributed by atoms with Gasteiger partial charge in [-0.2, -0.15) is 0 Å². The van der Waals surface area contributed by atoms with Gasteiger partial charge in [0.05, 0.1) is 0 Å². The van der Waals surface area contributed by atoms with Crippen LogP contribution in [0.2, 0.25) is 5.02 Å². The first kappa shape index (κ1) is 16.8. The maximum atomic E-state index is 13.1. The second kappa shape index (κ2) is 7.31. The summed E-state index contributed by atoms with van der Waals surface area (Å²) >= 11 is 6.40. The van der Waals surface area contributed by atoms with E-state index in [0.29, 0.717) is 12.0 Å². The molecule has 4 rings (SSSR count). The molecule has 0 bridgehead atoms. The van der Waals surface area contributed by atoms with Crippen LogP contribution in [0.5, 0.6) is 0 Å². The predicted molar refractivity (Wildman–Crippen MR) is 102 cm³/mol. The number of nitrogens with zero attached hydrogens (tertiary/aromatic N) is 1. The molecule has 0 amide bonds. The number of halogens is 2. The van der Waals surface area contributed by atoms with Crippen molar-refractivity contribution in [1.29, 1.82) is 0 Å². The van der Waals surface area contributed by atoms with Crippen LogP contribution in [0.1, 0.15) is 42.7 Å². The van der Waals surface area contributed by atoms with E-state index in [1.54, 1.807) is 0 Å². The zero-order chi connectivity index (χ0) is 17.2. The van der Waals surface area contributed by atoms with Crippen molar-refractivity contribution in [2.24, 2.45) is 0 Å². The Morgan fingerprint density at radius 1 is 1.04 bits per heavy atom. The zero-order valence-corrected chi connectivity index (χ0v) is 15.1. The molecule has 2 fully saturated rings. The summed E-state index contributed by atoms with van der Waals surface area (Å²) < 4.78 is 13.1. The van der Waals surface area contributed by atoms with Crippen molar-refractivity contribution in [1.82, 2.24) is 4.90 Å². The van der Waals surface area contributed by atoms with Crippen LogP contribution in [-0.2, 0) is 0 Å². The van der Waals surface area contributed by atoms with Crippen LogP contribution >= 0.6 is 11.6 Å². The van der Waals surface area contributed by atoms with Crippen molar-refractivity contribution in [2.75, 3.05) is 13.1 Å². The molecule has 0 spiro atoms. The van der Waals surface area contributed by atoms with Crippen LogP contribution in [0.15, 0.2) is 54.1 Å². The van der Waals surface area contributed by atoms with E-state index in [1.165, 1.54) is 36.1 Å². The topological polar surface area (TPSA) is 3.24 Å². The third kappa shape index (κ3) is 3.80. The lowest BCUT2D eigenvalue weighted by Crippen LogP contribution is -2.46. The molecule has 130 valence electrons. The number of fused-ring (bicyclic) bond motifs is 1. The molecule has 0 radical (unpaired) electrons. The summed E-state index contributed by atoms with van der Waals surface area (Å²) in [6.07, 6.45) is 6.90. The molecule has 1 nitrogen and oxygen atoms in total. The standard InChI is InChI=1S/C22H23ClFN/c23-22-4-2-1-3-21(22)18-7-10-20-14-17(11-12-25(20)15-18)13-16-5-8-19(24)9-6-16/h1-6,8-9,13,18,20H,7,10-12,14-15H2/t18-,20+/m0/s1. The summed E-state index contributed by atoms with van der Waals surface area (Å²) in [6, 6.07) is 15.7. The fraction of sp³-hybridized carbons (Fsp3) is 0.364. The minimum Gasteiger partial charge on any atom is -0.299 e. The van der Waals surface area contributed by atoms with Crippen molar-refractivity contribution in [2.45, 2.75) is 37.6 Å². The summed E-state index contributed by atoms with van der Waals surface area (Å²) in [5, 5.41) is 0.903. The second-order valence-corrected chi connectivity index (χ2v) is 7.66. The zero-order valence-electron chi connectivity index (χ0n) is 14.3. The Balaban J connectivity index is 1.43. The molecule has 0 aliphatic carbocycles. The maximum absolute atomic E-state index is 13.1. The van der Waals surface area contributed by atoms with Gasteiger partial charge in [0.15, 0.2) is 0 Å². The normalized spacial score (nSPS) is 25.8. The maximum Gasteiger partial charge on any atom is 0.123 e. The third-order valence-corrected chi connectivity index (χ3v) is 5.97. The van der Waals surface area contributed by atoms with E-state index in [0.717, 1.165) is 36.5 Å². The smallest absolute Gasteiger partial charge is 0.123 e. The Hall–Kier alpha value is -1.64. The van der Waals surface area contributed by atoms with E-state index in [1.807, 2.05) is 24.3 Å². The van der Waals surface area contributed by atoms with Crippen molar-refractivity contribution in [3.63, 3.8) is 0 Å². The second-order valence-electron chi connectivity index (χ2n) is 7.25. The lowest BCUT2D eigenvalue weighted by atomic mass is 9.82. The van der Waals surface area contributed by atoms with Gasteiger partial charge < -0.3 is 0 Å². The van der Waals surface area contributed by atoms with Crippen molar-refractivity contribution in [3.05, 3.63) is 76.1 Å². The van der Waals surface area contributed by atoms with Gasteiger partial charge in [0.25, 0.3) is 0 Å². The molecule has 2 aromatic rings. The monoisotopic (exact) mass is 355 g/mol. The van der Waals surface area contributed by atoms with Crippen LogP contribution in [0.25, 0.3) is 6.08 Å². The Kier molecular flexibility index (Phi) is 4.91. The van der Waals surface area contributed by atoms with E-state index in [4.69, 9.17) is 11.6 Å². The largest absolute Gasteiger partial charge is 0.299 e. The fourth-order valence-electron chi connectivity index (χ4n) is 4.28. The molecule has 2 aliphatic rings. The van der Waals surface area contributed by atoms with Crippen LogP contribution in [-0.4, -0.2) is 24.0 Å². The molecule has 0 unspecified atom stereocenters. The number of piperidine rings is 2. The highest BCUT2D eigenvalue weighted by atomic mass is 35.5. The van der Waals surface area contributed by atoms with Crippen LogP contribution in [0.3, 0.4) is 0 Å². The minimum absolute atomic E-state index is 0.171. The Morgan fingerprint density at radius 2 is 1.84 bits per heavy atom. The molecule has 2 saturated heterocycles. The summed E-state index contributed by atoms with van der Waals surface area (Å²) in [4.78, 5) is 2.64. The van der Waals surface area contributed by atoms with Gasteiger partial charge >= 0.3 is 0 Å². The first-order valence-corrected chi connectivity index (χ1v) is 9.50. The van der Waals surface area contributed by atoms with Gasteiger partial charge in [0, 0.05) is 24.2 Å². The molecule has 2 aliphatic heterocycles. The molecule has 2 atom stereocenters. The average Bonchev–Trinajstić information content (AvgIpc) is 2.64. The van der Waals surface area contributed by atoms with Gasteiger partial charge in [-0.1, -0.05) is 53.6 Å². The molecule has 3 heteroatoms. The summed E-state index contributed by atoms with van der Waals surface area (Å²) in [5.41, 5.74) is 3.90. The average molecular weight is 356 g/mol. The number of hydrogen-bond acceptors (Lipinski definition) is 1. The van der Waals surface area contributed by atoms with Crippen LogP contribution in [0, 0.1) is 5.82 Å². The van der Waals surface area contributed by atoms with Gasteiger partial charge in [-0.05, 0) is 60.9 Å². The molecular formula is C22H23ClFN. The van der Waals surface area contributed by atoms with Gasteiger partial charge in [0.1, 0.15) is 5.82 Å². The molecule has 0 aromatic heterocycles. The first-order chi connectivity index (χ1) is 12.2. The summed E-state index contributed by atoms with van der Waals surface area (Å²) in [7, 11) is 0. The van der Waals surface area contributed by atoms with Crippen molar-refractivity contribution >= 4 is 17.7 Å². The molecule has 25 heavy (non-hydrogen) atoms. The quantitative estimate of drug-likeness (QED) is 0.647. The van der Waals surface area contributed by atoms with E-state index < -0.39 is 0 Å². The SMILES string of the molecule is Fc1ccc(C=C2CCN3C[C@@H](c4ccccc4Cl)CC[C@@H]3C2)cc1. The van der Waals surface area contributed by atoms with E-state index in [2.05, 4.69) is 23.1 Å². The highest BCUT2D eigenvalue weighted by Crippen LogP contribution is 2.38. The Labute approximate surface area is 154 Å². The molecule has 2 aromatic carbocycles. The predicted octanol–water partition coefficient (Wildman–Crippen LogP) is 5.90. The Bertz CT molecular complexity index is 768. The van der Waals surface area contributed by atoms with E-state index in [9.17, 15) is 4.39 Å². The first-order valence-electron chi connectivity index (χ1n) is 9.12. The third-order valence-electron chi connectivity index (χ3n) is 5.62. The number of benzene rings is 2. The number of rotatable bonds is 2. The minimum atomic E-state index is -0.171. The van der Waals surface area contributed by atoms with Crippen molar-refractivity contribution in [3.8, 4) is 0 Å². The van der Waals surface area contributed by atoms with Crippen molar-refractivity contribution < 1.29 is 4.39 Å². The summed E-state index contributed by atoms with van der Waals surface area (Å²) in [6.45, 7) is 2.22. The summed E-state index contributed by atoms with van der Waals surface area (Å²) in [5.74, 6) is 0.377. The van der Waals surface area contributed by atoms with Gasteiger partial charge in [0.2, 0.25) is 0 Å². The van der Waals surface area contributed by atoms with E-state index >= 15 is 0 Å². The van der Waals surface area contributed by atoms with Crippen LogP contribution < -0.4 is 0 Å². The molecular weight excluding hydrogens is 333 g/mol. The lowest BCUT2D eigenvalue weighted by Gasteiger charge is -2.43. The highest BCUT2D eigenvalue weighted by molar-refractivity contribution is 6.31. The highest BCUT2D eigenvalue weighted by Gasteiger charge is 2.32. The van der Waals surface area contributed by atoms with Gasteiger partial charge in [-0.25, -0.2) is 4.39 Å². The lowest BCUT2D eigenvalue weighted by molar-refractivity contribution is 0.116. The fourth-order valence-corrected chi connectivity index (χ4v) is 4.57. The molecule has 0 N–H and O–H groups in total. The molecule has 0 saturated carbocycles. The van der Waals surface area contributed by atoms with Gasteiger partial charge in [-0.3, -0.25) is 4.90 Å². The number of hydrogen-bond donors (Lipinski definition) is 0. The molecule has 2 heterocycles. The van der Waals surface area contributed by atoms with Crippen LogP contribution in [0.4, 0.5) is 4.39 Å².